The first-order chi connectivity index (χ1) is 9.99. The van der Waals surface area contributed by atoms with E-state index in [-0.39, 0.29) is 5.91 Å². The van der Waals surface area contributed by atoms with Gasteiger partial charge in [-0.05, 0) is 43.7 Å². The second kappa shape index (κ2) is 6.79. The van der Waals surface area contributed by atoms with Crippen LogP contribution in [-0.4, -0.2) is 19.6 Å². The molecule has 1 saturated carbocycles. The zero-order valence-corrected chi connectivity index (χ0v) is 14.2. The van der Waals surface area contributed by atoms with Gasteiger partial charge in [-0.25, -0.2) is 0 Å². The lowest BCUT2D eigenvalue weighted by Gasteiger charge is -2.37. The second-order valence-corrected chi connectivity index (χ2v) is 6.92. The Morgan fingerprint density at radius 1 is 1.43 bits per heavy atom. The van der Waals surface area contributed by atoms with E-state index in [1.807, 2.05) is 18.2 Å². The van der Waals surface area contributed by atoms with Gasteiger partial charge in [-0.3, -0.25) is 4.79 Å². The standard InChI is InChI=1S/C16H23BrN2O2/c1-11-3-5-16(10-18,6-4-11)15(20)19-13-7-12(17)8-14(9-13)21-2/h7-9,11H,3-6,10,18H2,1-2H3,(H,19,20). The number of benzene rings is 1. The molecule has 1 aromatic rings. The third-order valence-electron chi connectivity index (χ3n) is 4.47. The Labute approximate surface area is 134 Å². The first-order valence-corrected chi connectivity index (χ1v) is 8.14. The van der Waals surface area contributed by atoms with Gasteiger partial charge < -0.3 is 15.8 Å². The largest absolute Gasteiger partial charge is 0.497 e. The maximum Gasteiger partial charge on any atom is 0.231 e. The van der Waals surface area contributed by atoms with Crippen LogP contribution in [0, 0.1) is 11.3 Å². The highest BCUT2D eigenvalue weighted by Gasteiger charge is 2.39. The highest BCUT2D eigenvalue weighted by molar-refractivity contribution is 9.10. The molecule has 21 heavy (non-hydrogen) atoms. The lowest BCUT2D eigenvalue weighted by atomic mass is 9.70. The number of rotatable bonds is 4. The monoisotopic (exact) mass is 354 g/mol. The Kier molecular flexibility index (Phi) is 5.27. The predicted molar refractivity (Wildman–Crippen MR) is 88.4 cm³/mol. The Morgan fingerprint density at radius 2 is 2.10 bits per heavy atom. The molecule has 0 bridgehead atoms. The zero-order valence-electron chi connectivity index (χ0n) is 12.6. The number of carbonyl (C=O) groups is 1. The van der Waals surface area contributed by atoms with Crippen LogP contribution in [0.2, 0.25) is 0 Å². The van der Waals surface area contributed by atoms with Gasteiger partial charge in [0.25, 0.3) is 0 Å². The summed E-state index contributed by atoms with van der Waals surface area (Å²) in [5.74, 6) is 1.42. The van der Waals surface area contributed by atoms with Crippen LogP contribution in [0.15, 0.2) is 22.7 Å². The van der Waals surface area contributed by atoms with Crippen molar-refractivity contribution in [2.45, 2.75) is 32.6 Å². The number of nitrogens with one attached hydrogen (secondary N) is 1. The van der Waals surface area contributed by atoms with Crippen molar-refractivity contribution in [3.8, 4) is 5.75 Å². The van der Waals surface area contributed by atoms with Crippen LogP contribution in [0.3, 0.4) is 0 Å². The van der Waals surface area contributed by atoms with Crippen molar-refractivity contribution in [1.29, 1.82) is 0 Å². The Hall–Kier alpha value is -1.07. The van der Waals surface area contributed by atoms with E-state index in [1.165, 1.54) is 0 Å². The molecular weight excluding hydrogens is 332 g/mol. The van der Waals surface area contributed by atoms with E-state index < -0.39 is 5.41 Å². The fourth-order valence-corrected chi connectivity index (χ4v) is 3.33. The molecule has 0 aromatic heterocycles. The highest BCUT2D eigenvalue weighted by atomic mass is 79.9. The molecule has 0 unspecified atom stereocenters. The van der Waals surface area contributed by atoms with Crippen molar-refractivity contribution in [1.82, 2.24) is 0 Å². The van der Waals surface area contributed by atoms with Crippen LogP contribution in [-0.2, 0) is 4.79 Å². The van der Waals surface area contributed by atoms with Gasteiger partial charge in [-0.2, -0.15) is 0 Å². The molecule has 0 spiro atoms. The maximum absolute atomic E-state index is 12.7. The van der Waals surface area contributed by atoms with Crippen LogP contribution >= 0.6 is 15.9 Å². The van der Waals surface area contributed by atoms with E-state index in [0.29, 0.717) is 18.2 Å². The number of carbonyl (C=O) groups excluding carboxylic acids is 1. The van der Waals surface area contributed by atoms with Crippen molar-refractivity contribution >= 4 is 27.5 Å². The molecule has 1 aliphatic carbocycles. The molecule has 0 saturated heterocycles. The Bertz CT molecular complexity index is 511. The average molecular weight is 355 g/mol. The smallest absolute Gasteiger partial charge is 0.231 e. The zero-order chi connectivity index (χ0) is 15.5. The lowest BCUT2D eigenvalue weighted by Crippen LogP contribution is -2.44. The van der Waals surface area contributed by atoms with Crippen LogP contribution < -0.4 is 15.8 Å². The second-order valence-electron chi connectivity index (χ2n) is 6.00. The van der Waals surface area contributed by atoms with Crippen molar-refractivity contribution < 1.29 is 9.53 Å². The molecule has 4 nitrogen and oxygen atoms in total. The number of nitrogens with two attached hydrogens (primary N) is 1. The van der Waals surface area contributed by atoms with E-state index in [1.54, 1.807) is 7.11 Å². The van der Waals surface area contributed by atoms with Crippen molar-refractivity contribution in [3.63, 3.8) is 0 Å². The number of amides is 1. The summed E-state index contributed by atoms with van der Waals surface area (Å²) in [5, 5.41) is 3.00. The summed E-state index contributed by atoms with van der Waals surface area (Å²) in [6.07, 6.45) is 3.85. The molecule has 1 aliphatic rings. The van der Waals surface area contributed by atoms with Gasteiger partial charge in [-0.15, -0.1) is 0 Å². The van der Waals surface area contributed by atoms with Crippen LogP contribution in [0.1, 0.15) is 32.6 Å². The van der Waals surface area contributed by atoms with Gasteiger partial charge in [0, 0.05) is 22.8 Å². The van der Waals surface area contributed by atoms with Crippen LogP contribution in [0.4, 0.5) is 5.69 Å². The van der Waals surface area contributed by atoms with Crippen molar-refractivity contribution in [3.05, 3.63) is 22.7 Å². The van der Waals surface area contributed by atoms with Gasteiger partial charge in [0.05, 0.1) is 12.5 Å². The minimum absolute atomic E-state index is 0.0250. The molecule has 0 atom stereocenters. The van der Waals surface area contributed by atoms with E-state index in [9.17, 15) is 4.79 Å². The van der Waals surface area contributed by atoms with Gasteiger partial charge in [0.15, 0.2) is 0 Å². The summed E-state index contributed by atoms with van der Waals surface area (Å²) in [5.41, 5.74) is 6.23. The molecule has 0 heterocycles. The number of ether oxygens (including phenoxy) is 1. The summed E-state index contributed by atoms with van der Waals surface area (Å²) in [6, 6.07) is 5.55. The average Bonchev–Trinajstić information content (AvgIpc) is 2.47. The molecule has 1 fully saturated rings. The highest BCUT2D eigenvalue weighted by Crippen LogP contribution is 2.39. The summed E-state index contributed by atoms with van der Waals surface area (Å²) in [6.45, 7) is 2.63. The topological polar surface area (TPSA) is 64.3 Å². The summed E-state index contributed by atoms with van der Waals surface area (Å²) < 4.78 is 6.09. The minimum Gasteiger partial charge on any atom is -0.497 e. The van der Waals surface area contributed by atoms with E-state index in [4.69, 9.17) is 10.5 Å². The fourth-order valence-electron chi connectivity index (χ4n) is 2.86. The maximum atomic E-state index is 12.7. The van der Waals surface area contributed by atoms with Gasteiger partial charge in [0.1, 0.15) is 5.75 Å². The molecule has 116 valence electrons. The minimum atomic E-state index is -0.429. The molecule has 1 amide bonds. The number of methoxy groups -OCH3 is 1. The third-order valence-corrected chi connectivity index (χ3v) is 4.93. The quantitative estimate of drug-likeness (QED) is 0.868. The number of hydrogen-bond donors (Lipinski definition) is 2. The van der Waals surface area contributed by atoms with Gasteiger partial charge in [0.2, 0.25) is 5.91 Å². The Morgan fingerprint density at radius 3 is 2.67 bits per heavy atom. The van der Waals surface area contributed by atoms with E-state index in [2.05, 4.69) is 28.2 Å². The molecule has 2 rings (SSSR count). The molecule has 3 N–H and O–H groups in total. The predicted octanol–water partition coefficient (Wildman–Crippen LogP) is 3.55. The number of halogens is 1. The number of anilines is 1. The van der Waals surface area contributed by atoms with Crippen LogP contribution in [0.5, 0.6) is 5.75 Å². The van der Waals surface area contributed by atoms with Gasteiger partial charge in [-0.1, -0.05) is 22.9 Å². The third kappa shape index (κ3) is 3.77. The van der Waals surface area contributed by atoms with E-state index >= 15 is 0 Å². The SMILES string of the molecule is COc1cc(Br)cc(NC(=O)C2(CN)CCC(C)CC2)c1. The van der Waals surface area contributed by atoms with E-state index in [0.717, 1.165) is 35.8 Å². The molecule has 5 heteroatoms. The lowest BCUT2D eigenvalue weighted by molar-refractivity contribution is -0.127. The van der Waals surface area contributed by atoms with Crippen molar-refractivity contribution in [2.24, 2.45) is 17.1 Å². The summed E-state index contributed by atoms with van der Waals surface area (Å²) in [4.78, 5) is 12.7. The summed E-state index contributed by atoms with van der Waals surface area (Å²) in [7, 11) is 1.61. The first-order valence-electron chi connectivity index (χ1n) is 7.35. The molecule has 0 radical (unpaired) electrons. The summed E-state index contributed by atoms with van der Waals surface area (Å²) >= 11 is 3.42. The normalized spacial score (nSPS) is 25.4. The number of hydrogen-bond acceptors (Lipinski definition) is 3. The fraction of sp³-hybridized carbons (Fsp3) is 0.562. The Balaban J connectivity index is 2.14. The molecule has 0 aliphatic heterocycles. The molecular formula is C16H23BrN2O2. The van der Waals surface area contributed by atoms with Crippen molar-refractivity contribution in [2.75, 3.05) is 19.0 Å². The first kappa shape index (κ1) is 16.3. The van der Waals surface area contributed by atoms with Gasteiger partial charge >= 0.3 is 0 Å². The molecule has 1 aromatic carbocycles. The van der Waals surface area contributed by atoms with Crippen LogP contribution in [0.25, 0.3) is 0 Å².